The summed E-state index contributed by atoms with van der Waals surface area (Å²) in [7, 11) is 0. The van der Waals surface area contributed by atoms with Crippen molar-refractivity contribution < 1.29 is 4.79 Å². The van der Waals surface area contributed by atoms with Crippen LogP contribution in [0.4, 0.5) is 0 Å². The van der Waals surface area contributed by atoms with E-state index in [1.165, 1.54) is 0 Å². The number of aliphatic imine (C=N–C) groups is 1. The lowest BCUT2D eigenvalue weighted by molar-refractivity contribution is 0.112. The standard InChI is InChI=1S/C9H7NO/c11-6-8-3-1-2-7-4-10-5-9(7)8/h1-4,6H,5H2. The molecule has 1 heterocycles. The Labute approximate surface area is 64.6 Å². The zero-order chi connectivity index (χ0) is 7.68. The number of fused-ring (bicyclic) bond motifs is 1. The zero-order valence-electron chi connectivity index (χ0n) is 5.95. The average molecular weight is 145 g/mol. The van der Waals surface area contributed by atoms with Crippen molar-refractivity contribution in [1.29, 1.82) is 0 Å². The van der Waals surface area contributed by atoms with Gasteiger partial charge in [-0.05, 0) is 11.1 Å². The van der Waals surface area contributed by atoms with Gasteiger partial charge in [-0.1, -0.05) is 18.2 Å². The van der Waals surface area contributed by atoms with E-state index in [1.54, 1.807) is 0 Å². The molecule has 0 atom stereocenters. The number of hydrogen-bond donors (Lipinski definition) is 0. The second-order valence-corrected chi connectivity index (χ2v) is 2.50. The molecule has 2 nitrogen and oxygen atoms in total. The first-order valence-corrected chi connectivity index (χ1v) is 3.49. The molecule has 1 aromatic rings. The van der Waals surface area contributed by atoms with Gasteiger partial charge in [0.2, 0.25) is 0 Å². The monoisotopic (exact) mass is 145 g/mol. The highest BCUT2D eigenvalue weighted by Crippen LogP contribution is 2.17. The van der Waals surface area contributed by atoms with E-state index in [2.05, 4.69) is 4.99 Å². The molecule has 54 valence electrons. The molecular formula is C9H7NO. The number of nitrogens with zero attached hydrogens (tertiary/aromatic N) is 1. The lowest BCUT2D eigenvalue weighted by Gasteiger charge is -1.98. The molecule has 0 saturated heterocycles. The highest BCUT2D eigenvalue weighted by Gasteiger charge is 2.08. The summed E-state index contributed by atoms with van der Waals surface area (Å²) < 4.78 is 0. The minimum atomic E-state index is 0.657. The maximum atomic E-state index is 10.5. The lowest BCUT2D eigenvalue weighted by Crippen LogP contribution is -1.91. The number of rotatable bonds is 1. The van der Waals surface area contributed by atoms with Crippen LogP contribution >= 0.6 is 0 Å². The van der Waals surface area contributed by atoms with Crippen molar-refractivity contribution in [2.45, 2.75) is 6.54 Å². The molecule has 0 spiro atoms. The Kier molecular flexibility index (Phi) is 1.32. The fourth-order valence-electron chi connectivity index (χ4n) is 1.27. The van der Waals surface area contributed by atoms with Crippen molar-refractivity contribution in [1.82, 2.24) is 0 Å². The minimum absolute atomic E-state index is 0.657. The summed E-state index contributed by atoms with van der Waals surface area (Å²) in [6.07, 6.45) is 2.69. The smallest absolute Gasteiger partial charge is 0.150 e. The topological polar surface area (TPSA) is 29.4 Å². The van der Waals surface area contributed by atoms with Crippen LogP contribution in [0.5, 0.6) is 0 Å². The Hall–Kier alpha value is -1.44. The van der Waals surface area contributed by atoms with Gasteiger partial charge in [-0.25, -0.2) is 0 Å². The van der Waals surface area contributed by atoms with Crippen molar-refractivity contribution in [3.8, 4) is 0 Å². The molecule has 1 aromatic carbocycles. The van der Waals surface area contributed by atoms with Crippen molar-refractivity contribution >= 4 is 12.5 Å². The van der Waals surface area contributed by atoms with Crippen LogP contribution < -0.4 is 0 Å². The molecule has 0 fully saturated rings. The van der Waals surface area contributed by atoms with Crippen molar-refractivity contribution in [3.05, 3.63) is 34.9 Å². The van der Waals surface area contributed by atoms with E-state index in [1.807, 2.05) is 24.4 Å². The quantitative estimate of drug-likeness (QED) is 0.549. The van der Waals surface area contributed by atoms with Gasteiger partial charge in [0.25, 0.3) is 0 Å². The van der Waals surface area contributed by atoms with Crippen molar-refractivity contribution in [2.75, 3.05) is 0 Å². The van der Waals surface area contributed by atoms with Gasteiger partial charge >= 0.3 is 0 Å². The molecular weight excluding hydrogens is 138 g/mol. The molecule has 0 radical (unpaired) electrons. The molecule has 0 saturated carbocycles. The van der Waals surface area contributed by atoms with Crippen LogP contribution in [0.2, 0.25) is 0 Å². The Morgan fingerprint density at radius 1 is 1.45 bits per heavy atom. The third-order valence-corrected chi connectivity index (χ3v) is 1.86. The molecule has 11 heavy (non-hydrogen) atoms. The SMILES string of the molecule is O=Cc1cccc2c1CN=C2. The Morgan fingerprint density at radius 2 is 2.36 bits per heavy atom. The van der Waals surface area contributed by atoms with Gasteiger partial charge in [0.15, 0.2) is 0 Å². The second-order valence-electron chi connectivity index (χ2n) is 2.50. The predicted octanol–water partition coefficient (Wildman–Crippen LogP) is 1.43. The number of carbonyl (C=O) groups excluding carboxylic acids is 1. The van der Waals surface area contributed by atoms with Gasteiger partial charge in [-0.3, -0.25) is 9.79 Å². The second kappa shape index (κ2) is 2.31. The number of aldehydes is 1. The summed E-state index contributed by atoms with van der Waals surface area (Å²) in [5.74, 6) is 0. The van der Waals surface area contributed by atoms with Crippen molar-refractivity contribution in [3.63, 3.8) is 0 Å². The first-order chi connectivity index (χ1) is 5.42. The maximum absolute atomic E-state index is 10.5. The van der Waals surface area contributed by atoms with E-state index >= 15 is 0 Å². The third-order valence-electron chi connectivity index (χ3n) is 1.86. The van der Waals surface area contributed by atoms with Crippen LogP contribution in [0.15, 0.2) is 23.2 Å². The number of hydrogen-bond acceptors (Lipinski definition) is 2. The summed E-state index contributed by atoms with van der Waals surface area (Å²) in [4.78, 5) is 14.6. The predicted molar refractivity (Wildman–Crippen MR) is 43.1 cm³/mol. The lowest BCUT2D eigenvalue weighted by atomic mass is 10.0. The van der Waals surface area contributed by atoms with Gasteiger partial charge in [0, 0.05) is 11.8 Å². The maximum Gasteiger partial charge on any atom is 0.150 e. The van der Waals surface area contributed by atoms with Crippen LogP contribution in [0.25, 0.3) is 0 Å². The Morgan fingerprint density at radius 3 is 3.18 bits per heavy atom. The highest BCUT2D eigenvalue weighted by atomic mass is 16.1. The fraction of sp³-hybridized carbons (Fsp3) is 0.111. The first-order valence-electron chi connectivity index (χ1n) is 3.49. The van der Waals surface area contributed by atoms with Crippen LogP contribution in [0, 0.1) is 0 Å². The Bertz CT molecular complexity index is 328. The van der Waals surface area contributed by atoms with E-state index in [-0.39, 0.29) is 0 Å². The van der Waals surface area contributed by atoms with Gasteiger partial charge in [0.1, 0.15) is 6.29 Å². The van der Waals surface area contributed by atoms with Crippen molar-refractivity contribution in [2.24, 2.45) is 4.99 Å². The zero-order valence-corrected chi connectivity index (χ0v) is 5.95. The summed E-state index contributed by atoms with van der Waals surface area (Å²) >= 11 is 0. The fourth-order valence-corrected chi connectivity index (χ4v) is 1.27. The van der Waals surface area contributed by atoms with Crippen LogP contribution in [0.1, 0.15) is 21.5 Å². The van der Waals surface area contributed by atoms with Gasteiger partial charge in [-0.2, -0.15) is 0 Å². The van der Waals surface area contributed by atoms with Crippen LogP contribution in [0.3, 0.4) is 0 Å². The molecule has 2 heteroatoms. The van der Waals surface area contributed by atoms with E-state index < -0.39 is 0 Å². The normalized spacial score (nSPS) is 13.1. The van der Waals surface area contributed by atoms with Gasteiger partial charge < -0.3 is 0 Å². The molecule has 0 unspecified atom stereocenters. The molecule has 2 rings (SSSR count). The first kappa shape index (κ1) is 6.28. The molecule has 0 aliphatic carbocycles. The Balaban J connectivity index is 2.63. The molecule has 0 N–H and O–H groups in total. The van der Waals surface area contributed by atoms with E-state index in [0.717, 1.165) is 23.0 Å². The minimum Gasteiger partial charge on any atom is -0.298 e. The summed E-state index contributed by atoms with van der Waals surface area (Å²) in [6, 6.07) is 5.67. The molecule has 1 aliphatic rings. The van der Waals surface area contributed by atoms with Gasteiger partial charge in [0.05, 0.1) is 6.54 Å². The van der Waals surface area contributed by atoms with E-state index in [0.29, 0.717) is 6.54 Å². The largest absolute Gasteiger partial charge is 0.298 e. The summed E-state index contributed by atoms with van der Waals surface area (Å²) in [5.41, 5.74) is 2.90. The number of benzene rings is 1. The van der Waals surface area contributed by atoms with Gasteiger partial charge in [-0.15, -0.1) is 0 Å². The molecule has 0 bridgehead atoms. The summed E-state index contributed by atoms with van der Waals surface area (Å²) in [5, 5.41) is 0. The molecule has 0 aromatic heterocycles. The highest BCUT2D eigenvalue weighted by molar-refractivity contribution is 5.90. The average Bonchev–Trinajstić information content (AvgIpc) is 2.50. The number of carbonyl (C=O) groups is 1. The molecule has 0 amide bonds. The molecule has 1 aliphatic heterocycles. The van der Waals surface area contributed by atoms with Crippen LogP contribution in [-0.4, -0.2) is 12.5 Å². The van der Waals surface area contributed by atoms with Crippen LogP contribution in [-0.2, 0) is 6.54 Å². The summed E-state index contributed by atoms with van der Waals surface area (Å²) in [6.45, 7) is 0.657. The van der Waals surface area contributed by atoms with E-state index in [4.69, 9.17) is 0 Å². The third kappa shape index (κ3) is 0.871. The van der Waals surface area contributed by atoms with E-state index in [9.17, 15) is 4.79 Å².